The number of rotatable bonds is 5. The maximum absolute atomic E-state index is 13.7. The first kappa shape index (κ1) is 14.5. The van der Waals surface area contributed by atoms with E-state index in [0.29, 0.717) is 12.4 Å². The van der Waals surface area contributed by atoms with E-state index in [4.69, 9.17) is 0 Å². The van der Waals surface area contributed by atoms with E-state index in [1.165, 1.54) is 18.2 Å². The summed E-state index contributed by atoms with van der Waals surface area (Å²) in [6, 6.07) is 3.57. The van der Waals surface area contributed by atoms with Crippen LogP contribution in [0.3, 0.4) is 0 Å². The SMILES string of the molecule is CCNC(Cc1c(F)cccc1F)c1ncc(C)cn1. The fraction of sp³-hybridized carbons (Fsp3) is 0.333. The molecule has 1 atom stereocenters. The predicted octanol–water partition coefficient (Wildman–Crippen LogP) is 2.96. The van der Waals surface area contributed by atoms with Crippen LogP contribution >= 0.6 is 0 Å². The van der Waals surface area contributed by atoms with Crippen LogP contribution in [0.2, 0.25) is 0 Å². The van der Waals surface area contributed by atoms with Crippen molar-refractivity contribution in [1.29, 1.82) is 0 Å². The maximum atomic E-state index is 13.7. The molecule has 0 amide bonds. The summed E-state index contributed by atoms with van der Waals surface area (Å²) in [5.74, 6) is -0.542. The van der Waals surface area contributed by atoms with Crippen LogP contribution < -0.4 is 5.32 Å². The molecule has 0 bridgehead atoms. The van der Waals surface area contributed by atoms with Gasteiger partial charge in [-0.2, -0.15) is 0 Å². The Morgan fingerprint density at radius 1 is 1.15 bits per heavy atom. The number of hydrogen-bond acceptors (Lipinski definition) is 3. The highest BCUT2D eigenvalue weighted by Gasteiger charge is 2.18. The molecule has 5 heteroatoms. The monoisotopic (exact) mass is 277 g/mol. The van der Waals surface area contributed by atoms with Crippen LogP contribution in [0.5, 0.6) is 0 Å². The summed E-state index contributed by atoms with van der Waals surface area (Å²) in [4.78, 5) is 8.47. The second-order valence-electron chi connectivity index (χ2n) is 4.63. The molecule has 20 heavy (non-hydrogen) atoms. The number of nitrogens with one attached hydrogen (secondary N) is 1. The Bertz CT molecular complexity index is 550. The maximum Gasteiger partial charge on any atom is 0.145 e. The summed E-state index contributed by atoms with van der Waals surface area (Å²) in [5, 5.41) is 3.16. The van der Waals surface area contributed by atoms with Crippen molar-refractivity contribution < 1.29 is 8.78 Å². The third kappa shape index (κ3) is 3.36. The van der Waals surface area contributed by atoms with Crippen LogP contribution in [0.1, 0.15) is 29.9 Å². The zero-order chi connectivity index (χ0) is 14.5. The van der Waals surface area contributed by atoms with E-state index in [0.717, 1.165) is 5.56 Å². The zero-order valence-corrected chi connectivity index (χ0v) is 11.5. The Kier molecular flexibility index (Phi) is 4.74. The fourth-order valence-electron chi connectivity index (χ4n) is 2.02. The van der Waals surface area contributed by atoms with E-state index in [-0.39, 0.29) is 18.0 Å². The lowest BCUT2D eigenvalue weighted by atomic mass is 10.0. The molecule has 0 aliphatic carbocycles. The van der Waals surface area contributed by atoms with Crippen LogP contribution in [0.25, 0.3) is 0 Å². The van der Waals surface area contributed by atoms with Crippen molar-refractivity contribution in [1.82, 2.24) is 15.3 Å². The van der Waals surface area contributed by atoms with Crippen molar-refractivity contribution in [2.24, 2.45) is 0 Å². The second-order valence-corrected chi connectivity index (χ2v) is 4.63. The minimum atomic E-state index is -0.542. The largest absolute Gasteiger partial charge is 0.307 e. The number of nitrogens with zero attached hydrogens (tertiary/aromatic N) is 2. The van der Waals surface area contributed by atoms with E-state index in [1.54, 1.807) is 12.4 Å². The van der Waals surface area contributed by atoms with Crippen LogP contribution in [0.4, 0.5) is 8.78 Å². The van der Waals surface area contributed by atoms with Crippen LogP contribution in [-0.4, -0.2) is 16.5 Å². The molecule has 0 saturated carbocycles. The predicted molar refractivity (Wildman–Crippen MR) is 73.2 cm³/mol. The first-order valence-corrected chi connectivity index (χ1v) is 6.56. The summed E-state index contributed by atoms with van der Waals surface area (Å²) >= 11 is 0. The first-order valence-electron chi connectivity index (χ1n) is 6.56. The summed E-state index contributed by atoms with van der Waals surface area (Å²) in [5.41, 5.74) is 1.00. The summed E-state index contributed by atoms with van der Waals surface area (Å²) in [7, 11) is 0. The van der Waals surface area contributed by atoms with E-state index in [9.17, 15) is 8.78 Å². The highest BCUT2D eigenvalue weighted by Crippen LogP contribution is 2.20. The van der Waals surface area contributed by atoms with Gasteiger partial charge >= 0.3 is 0 Å². The average Bonchev–Trinajstić information content (AvgIpc) is 2.43. The van der Waals surface area contributed by atoms with Crippen LogP contribution in [-0.2, 0) is 6.42 Å². The minimum Gasteiger partial charge on any atom is -0.307 e. The number of halogens is 2. The Morgan fingerprint density at radius 3 is 2.30 bits per heavy atom. The second kappa shape index (κ2) is 6.52. The van der Waals surface area contributed by atoms with Gasteiger partial charge in [0, 0.05) is 24.4 Å². The molecular formula is C15H17F2N3. The molecule has 2 rings (SSSR count). The lowest BCUT2D eigenvalue weighted by molar-refractivity contribution is 0.483. The van der Waals surface area contributed by atoms with E-state index >= 15 is 0 Å². The molecule has 106 valence electrons. The quantitative estimate of drug-likeness (QED) is 0.913. The fourth-order valence-corrected chi connectivity index (χ4v) is 2.02. The summed E-state index contributed by atoms with van der Waals surface area (Å²) in [6.45, 7) is 4.49. The molecule has 1 N–H and O–H groups in total. The minimum absolute atomic E-state index is 0.0580. The van der Waals surface area contributed by atoms with Crippen molar-refractivity contribution in [3.8, 4) is 0 Å². The van der Waals surface area contributed by atoms with Crippen LogP contribution in [0, 0.1) is 18.6 Å². The van der Waals surface area contributed by atoms with Crippen molar-refractivity contribution in [2.75, 3.05) is 6.54 Å². The Hall–Kier alpha value is -1.88. The molecule has 1 heterocycles. The first-order chi connectivity index (χ1) is 9.61. The smallest absolute Gasteiger partial charge is 0.145 e. The number of aromatic nitrogens is 2. The van der Waals surface area contributed by atoms with Gasteiger partial charge in [0.2, 0.25) is 0 Å². The Labute approximate surface area is 117 Å². The molecule has 1 aromatic heterocycles. The lowest BCUT2D eigenvalue weighted by Crippen LogP contribution is -2.25. The van der Waals surface area contributed by atoms with Crippen molar-refractivity contribution in [2.45, 2.75) is 26.3 Å². The van der Waals surface area contributed by atoms with Gasteiger partial charge in [0.15, 0.2) is 0 Å². The van der Waals surface area contributed by atoms with Gasteiger partial charge in [0.05, 0.1) is 6.04 Å². The molecule has 0 fully saturated rings. The van der Waals surface area contributed by atoms with Gasteiger partial charge in [-0.05, 0) is 31.2 Å². The molecule has 1 aromatic carbocycles. The number of benzene rings is 1. The standard InChI is InChI=1S/C15H17F2N3/c1-3-18-14(15-19-8-10(2)9-20-15)7-11-12(16)5-4-6-13(11)17/h4-6,8-9,14,18H,3,7H2,1-2H3. The summed E-state index contributed by atoms with van der Waals surface area (Å²) < 4.78 is 27.4. The third-order valence-corrected chi connectivity index (χ3v) is 3.03. The normalized spacial score (nSPS) is 12.4. The Balaban J connectivity index is 2.28. The third-order valence-electron chi connectivity index (χ3n) is 3.03. The molecule has 0 aliphatic rings. The van der Waals surface area contributed by atoms with Crippen molar-refractivity contribution >= 4 is 0 Å². The molecule has 1 unspecified atom stereocenters. The van der Waals surface area contributed by atoms with E-state index < -0.39 is 11.6 Å². The van der Waals surface area contributed by atoms with Gasteiger partial charge in [-0.3, -0.25) is 0 Å². The topological polar surface area (TPSA) is 37.8 Å². The lowest BCUT2D eigenvalue weighted by Gasteiger charge is -2.17. The molecule has 0 spiro atoms. The van der Waals surface area contributed by atoms with Gasteiger partial charge in [0.25, 0.3) is 0 Å². The number of aryl methyl sites for hydroxylation is 1. The van der Waals surface area contributed by atoms with Gasteiger partial charge in [-0.25, -0.2) is 18.7 Å². The molecule has 0 aliphatic heterocycles. The van der Waals surface area contributed by atoms with Gasteiger partial charge < -0.3 is 5.32 Å². The van der Waals surface area contributed by atoms with Crippen molar-refractivity contribution in [3.63, 3.8) is 0 Å². The highest BCUT2D eigenvalue weighted by atomic mass is 19.1. The molecule has 0 saturated heterocycles. The summed E-state index contributed by atoms with van der Waals surface area (Å²) in [6.07, 6.45) is 3.57. The van der Waals surface area contributed by atoms with E-state index in [1.807, 2.05) is 13.8 Å². The number of hydrogen-bond donors (Lipinski definition) is 1. The van der Waals surface area contributed by atoms with Gasteiger partial charge in [-0.15, -0.1) is 0 Å². The number of likely N-dealkylation sites (N-methyl/N-ethyl adjacent to an activating group) is 1. The van der Waals surface area contributed by atoms with Gasteiger partial charge in [-0.1, -0.05) is 13.0 Å². The molecule has 2 aromatic rings. The molecular weight excluding hydrogens is 260 g/mol. The van der Waals surface area contributed by atoms with Crippen LogP contribution in [0.15, 0.2) is 30.6 Å². The van der Waals surface area contributed by atoms with Crippen molar-refractivity contribution in [3.05, 3.63) is 59.2 Å². The average molecular weight is 277 g/mol. The van der Waals surface area contributed by atoms with E-state index in [2.05, 4.69) is 15.3 Å². The zero-order valence-electron chi connectivity index (χ0n) is 11.5. The molecule has 3 nitrogen and oxygen atoms in total. The van der Waals surface area contributed by atoms with Gasteiger partial charge in [0.1, 0.15) is 17.5 Å². The highest BCUT2D eigenvalue weighted by molar-refractivity contribution is 5.22. The molecule has 0 radical (unpaired) electrons. The Morgan fingerprint density at radius 2 is 1.75 bits per heavy atom.